The van der Waals surface area contributed by atoms with Crippen LogP contribution in [0.4, 0.5) is 4.79 Å². The zero-order chi connectivity index (χ0) is 19.0. The number of carbonyl (C=O) groups is 3. The Labute approximate surface area is 155 Å². The van der Waals surface area contributed by atoms with E-state index in [0.29, 0.717) is 15.6 Å². The Hall–Kier alpha value is -1.99. The first kappa shape index (κ1) is 21.1. The molecule has 1 aromatic rings. The molecule has 2 atom stereocenters. The molecule has 0 aliphatic heterocycles. The van der Waals surface area contributed by atoms with Crippen molar-refractivity contribution in [3.05, 3.63) is 33.8 Å². The number of esters is 1. The van der Waals surface area contributed by atoms with E-state index in [0.717, 1.165) is 0 Å². The van der Waals surface area contributed by atoms with Crippen LogP contribution in [0.3, 0.4) is 0 Å². The van der Waals surface area contributed by atoms with Crippen LogP contribution in [0, 0.1) is 5.92 Å². The number of halogens is 2. The summed E-state index contributed by atoms with van der Waals surface area (Å²) in [4.78, 5) is 34.1. The Morgan fingerprint density at radius 3 is 2.28 bits per heavy atom. The zero-order valence-corrected chi connectivity index (χ0v) is 15.3. The molecular formula is C16H19Cl2NO6. The topological polar surface area (TPSA) is 102 Å². The maximum atomic E-state index is 11.7. The summed E-state index contributed by atoms with van der Waals surface area (Å²) in [7, 11) is 0. The van der Waals surface area contributed by atoms with Crippen LogP contribution in [0.5, 0.6) is 0 Å². The van der Waals surface area contributed by atoms with Crippen molar-refractivity contribution in [3.63, 3.8) is 0 Å². The number of hydrogen-bond donors (Lipinski definition) is 2. The number of benzene rings is 1. The molecule has 1 rings (SSSR count). The van der Waals surface area contributed by atoms with Crippen molar-refractivity contribution in [3.8, 4) is 0 Å². The average Bonchev–Trinajstić information content (AvgIpc) is 2.49. The van der Waals surface area contributed by atoms with E-state index in [2.05, 4.69) is 5.32 Å². The molecule has 9 heteroatoms. The van der Waals surface area contributed by atoms with Crippen molar-refractivity contribution in [2.45, 2.75) is 33.0 Å². The van der Waals surface area contributed by atoms with E-state index in [-0.39, 0.29) is 19.4 Å². The van der Waals surface area contributed by atoms with Crippen LogP contribution in [0.1, 0.15) is 25.8 Å². The highest BCUT2D eigenvalue weighted by atomic mass is 35.5. The first-order valence-corrected chi connectivity index (χ1v) is 8.28. The molecule has 1 amide bonds. The van der Waals surface area contributed by atoms with Crippen molar-refractivity contribution < 1.29 is 29.0 Å². The number of rotatable bonds is 8. The summed E-state index contributed by atoms with van der Waals surface area (Å²) in [5.74, 6) is -2.51. The molecule has 25 heavy (non-hydrogen) atoms. The summed E-state index contributed by atoms with van der Waals surface area (Å²) < 4.78 is 9.59. The van der Waals surface area contributed by atoms with Crippen LogP contribution in [-0.4, -0.2) is 36.0 Å². The molecule has 0 unspecified atom stereocenters. The fourth-order valence-electron chi connectivity index (χ4n) is 1.95. The largest absolute Gasteiger partial charge is 0.481 e. The molecule has 0 heterocycles. The van der Waals surface area contributed by atoms with Crippen LogP contribution in [-0.2, 0) is 25.5 Å². The fourth-order valence-corrected chi connectivity index (χ4v) is 2.52. The summed E-state index contributed by atoms with van der Waals surface area (Å²) >= 11 is 11.8. The Kier molecular flexibility index (Phi) is 8.51. The molecule has 2 N–H and O–H groups in total. The predicted octanol–water partition coefficient (Wildman–Crippen LogP) is 3.26. The molecule has 0 radical (unpaired) electrons. The SMILES string of the molecule is CCC(=O)O[C@@H](C)OC(=O)NC[C@H](Cc1cc(Cl)cc(Cl)c1)C(=O)O. The highest BCUT2D eigenvalue weighted by Crippen LogP contribution is 2.21. The predicted molar refractivity (Wildman–Crippen MR) is 91.6 cm³/mol. The number of nitrogens with one attached hydrogen (secondary N) is 1. The minimum absolute atomic E-state index is 0.121. The quantitative estimate of drug-likeness (QED) is 0.520. The van der Waals surface area contributed by atoms with E-state index in [4.69, 9.17) is 32.7 Å². The first-order valence-electron chi connectivity index (χ1n) is 7.53. The Bertz CT molecular complexity index is 617. The highest BCUT2D eigenvalue weighted by Gasteiger charge is 2.21. The molecule has 0 spiro atoms. The molecule has 0 aliphatic carbocycles. The lowest BCUT2D eigenvalue weighted by molar-refractivity contribution is -0.164. The monoisotopic (exact) mass is 391 g/mol. The van der Waals surface area contributed by atoms with Gasteiger partial charge in [-0.15, -0.1) is 0 Å². The molecule has 0 aromatic heterocycles. The third-order valence-electron chi connectivity index (χ3n) is 3.11. The van der Waals surface area contributed by atoms with Gasteiger partial charge in [0, 0.05) is 29.9 Å². The van der Waals surface area contributed by atoms with Gasteiger partial charge in [0.05, 0.1) is 5.92 Å². The highest BCUT2D eigenvalue weighted by molar-refractivity contribution is 6.34. The second-order valence-corrected chi connectivity index (χ2v) is 6.09. The fraction of sp³-hybridized carbons (Fsp3) is 0.438. The number of carboxylic acid groups (broad SMARTS) is 1. The number of ether oxygens (including phenoxy) is 2. The van der Waals surface area contributed by atoms with E-state index in [1.54, 1.807) is 19.1 Å². The standard InChI is InChI=1S/C16H19Cl2NO6/c1-3-14(20)24-9(2)25-16(23)19-8-11(15(21)22)4-10-5-12(17)7-13(18)6-10/h5-7,9,11H,3-4,8H2,1-2H3,(H,19,23)(H,21,22)/t9-,11+/m1/s1. The number of aliphatic carboxylic acids is 1. The van der Waals surface area contributed by atoms with Crippen molar-refractivity contribution >= 4 is 41.2 Å². The summed E-state index contributed by atoms with van der Waals surface area (Å²) in [6.45, 7) is 2.82. The number of carboxylic acids is 1. The van der Waals surface area contributed by atoms with Crippen LogP contribution in [0.2, 0.25) is 10.0 Å². The van der Waals surface area contributed by atoms with E-state index < -0.39 is 30.2 Å². The summed E-state index contributed by atoms with van der Waals surface area (Å²) in [5, 5.41) is 12.4. The van der Waals surface area contributed by atoms with Crippen LogP contribution in [0.25, 0.3) is 0 Å². The van der Waals surface area contributed by atoms with E-state index in [9.17, 15) is 19.5 Å². The molecular weight excluding hydrogens is 373 g/mol. The van der Waals surface area contributed by atoms with Gasteiger partial charge in [-0.2, -0.15) is 0 Å². The van der Waals surface area contributed by atoms with Gasteiger partial charge < -0.3 is 19.9 Å². The summed E-state index contributed by atoms with van der Waals surface area (Å²) in [6.07, 6.45) is -1.68. The van der Waals surface area contributed by atoms with Crippen LogP contribution < -0.4 is 5.32 Å². The van der Waals surface area contributed by atoms with Gasteiger partial charge in [-0.25, -0.2) is 4.79 Å². The molecule has 0 bridgehead atoms. The zero-order valence-electron chi connectivity index (χ0n) is 13.8. The second kappa shape index (κ2) is 10.1. The van der Waals surface area contributed by atoms with Gasteiger partial charge in [-0.1, -0.05) is 30.1 Å². The molecule has 0 aliphatic rings. The molecule has 0 fully saturated rings. The Morgan fingerprint density at radius 2 is 1.76 bits per heavy atom. The average molecular weight is 392 g/mol. The van der Waals surface area contributed by atoms with Crippen molar-refractivity contribution in [2.24, 2.45) is 5.92 Å². The van der Waals surface area contributed by atoms with Gasteiger partial charge in [0.1, 0.15) is 0 Å². The Morgan fingerprint density at radius 1 is 1.16 bits per heavy atom. The van der Waals surface area contributed by atoms with E-state index in [1.807, 2.05) is 0 Å². The van der Waals surface area contributed by atoms with Gasteiger partial charge in [0.2, 0.25) is 6.29 Å². The van der Waals surface area contributed by atoms with Gasteiger partial charge in [0.15, 0.2) is 0 Å². The third-order valence-corrected chi connectivity index (χ3v) is 3.54. The molecule has 0 saturated heterocycles. The van der Waals surface area contributed by atoms with E-state index >= 15 is 0 Å². The number of amides is 1. The smallest absolute Gasteiger partial charge is 0.410 e. The molecule has 0 saturated carbocycles. The Balaban J connectivity index is 2.56. The number of hydrogen-bond acceptors (Lipinski definition) is 5. The third kappa shape index (κ3) is 8.09. The lowest BCUT2D eigenvalue weighted by Gasteiger charge is -2.16. The maximum Gasteiger partial charge on any atom is 0.410 e. The van der Waals surface area contributed by atoms with E-state index in [1.165, 1.54) is 13.0 Å². The van der Waals surface area contributed by atoms with Gasteiger partial charge in [-0.05, 0) is 30.2 Å². The maximum absolute atomic E-state index is 11.7. The molecule has 7 nitrogen and oxygen atoms in total. The number of alkyl carbamates (subject to hydrolysis) is 1. The normalized spacial score (nSPS) is 12.8. The second-order valence-electron chi connectivity index (χ2n) is 5.21. The van der Waals surface area contributed by atoms with Gasteiger partial charge >= 0.3 is 18.0 Å². The van der Waals surface area contributed by atoms with Gasteiger partial charge in [0.25, 0.3) is 0 Å². The van der Waals surface area contributed by atoms with Crippen molar-refractivity contribution in [1.29, 1.82) is 0 Å². The summed E-state index contributed by atoms with van der Waals surface area (Å²) in [6, 6.07) is 4.75. The van der Waals surface area contributed by atoms with Crippen LogP contribution in [0.15, 0.2) is 18.2 Å². The van der Waals surface area contributed by atoms with Crippen molar-refractivity contribution in [1.82, 2.24) is 5.32 Å². The minimum atomic E-state index is -1.10. The van der Waals surface area contributed by atoms with Gasteiger partial charge in [-0.3, -0.25) is 9.59 Å². The lowest BCUT2D eigenvalue weighted by atomic mass is 9.99. The number of carbonyl (C=O) groups excluding carboxylic acids is 2. The minimum Gasteiger partial charge on any atom is -0.481 e. The lowest BCUT2D eigenvalue weighted by Crippen LogP contribution is -2.36. The molecule has 1 aromatic carbocycles. The first-order chi connectivity index (χ1) is 11.7. The molecule has 138 valence electrons. The summed E-state index contributed by atoms with van der Waals surface area (Å²) in [5.41, 5.74) is 0.630. The van der Waals surface area contributed by atoms with Crippen LogP contribution >= 0.6 is 23.2 Å². The van der Waals surface area contributed by atoms with Crippen molar-refractivity contribution in [2.75, 3.05) is 6.54 Å².